The van der Waals surface area contributed by atoms with Crippen LogP contribution in [0.5, 0.6) is 0 Å². The van der Waals surface area contributed by atoms with Crippen molar-refractivity contribution in [1.82, 2.24) is 10.3 Å². The van der Waals surface area contributed by atoms with Gasteiger partial charge < -0.3 is 5.32 Å². The normalized spacial score (nSPS) is 17.0. The highest BCUT2D eigenvalue weighted by Gasteiger charge is 2.28. The molecule has 2 heterocycles. The molecule has 0 aliphatic heterocycles. The summed E-state index contributed by atoms with van der Waals surface area (Å²) in [7, 11) is 0. The van der Waals surface area contributed by atoms with Crippen molar-refractivity contribution in [3.05, 3.63) is 52.5 Å². The van der Waals surface area contributed by atoms with Gasteiger partial charge in [-0.25, -0.2) is 0 Å². The van der Waals surface area contributed by atoms with Gasteiger partial charge >= 0.3 is 0 Å². The highest BCUT2D eigenvalue weighted by molar-refractivity contribution is 7.10. The molecule has 104 valence electrons. The first kappa shape index (κ1) is 13.3. The highest BCUT2D eigenvalue weighted by Crippen LogP contribution is 2.37. The van der Waals surface area contributed by atoms with Crippen molar-refractivity contribution in [3.63, 3.8) is 0 Å². The number of carbonyl (C=O) groups is 1. The van der Waals surface area contributed by atoms with E-state index >= 15 is 0 Å². The molecule has 3 rings (SSSR count). The van der Waals surface area contributed by atoms with Crippen LogP contribution in [0.25, 0.3) is 0 Å². The van der Waals surface area contributed by atoms with Crippen molar-refractivity contribution < 1.29 is 4.79 Å². The van der Waals surface area contributed by atoms with Crippen LogP contribution in [0, 0.1) is 5.92 Å². The van der Waals surface area contributed by atoms with Gasteiger partial charge in [0.05, 0.1) is 6.04 Å². The third-order valence-corrected chi connectivity index (χ3v) is 4.91. The average molecular weight is 286 g/mol. The van der Waals surface area contributed by atoms with Crippen molar-refractivity contribution in [1.29, 1.82) is 0 Å². The lowest BCUT2D eigenvalue weighted by Gasteiger charge is -2.23. The van der Waals surface area contributed by atoms with Crippen LogP contribution in [0.3, 0.4) is 0 Å². The molecular weight excluding hydrogens is 268 g/mol. The first-order valence-electron chi connectivity index (χ1n) is 7.09. The molecule has 4 heteroatoms. The van der Waals surface area contributed by atoms with Gasteiger partial charge in [0, 0.05) is 22.8 Å². The van der Waals surface area contributed by atoms with Crippen LogP contribution in [0.2, 0.25) is 0 Å². The van der Waals surface area contributed by atoms with Crippen molar-refractivity contribution in [3.8, 4) is 0 Å². The van der Waals surface area contributed by atoms with Crippen molar-refractivity contribution in [2.24, 2.45) is 5.92 Å². The third-order valence-electron chi connectivity index (χ3n) is 3.95. The van der Waals surface area contributed by atoms with E-state index in [0.29, 0.717) is 11.5 Å². The van der Waals surface area contributed by atoms with E-state index in [2.05, 4.69) is 27.8 Å². The number of nitrogens with one attached hydrogen (secondary N) is 1. The largest absolute Gasteiger partial charge is 0.344 e. The Bertz CT molecular complexity index is 547. The zero-order valence-electron chi connectivity index (χ0n) is 11.3. The quantitative estimate of drug-likeness (QED) is 0.928. The summed E-state index contributed by atoms with van der Waals surface area (Å²) in [5.74, 6) is 0.567. The summed E-state index contributed by atoms with van der Waals surface area (Å²) in [4.78, 5) is 17.6. The second kappa shape index (κ2) is 6.18. The number of thiophene rings is 1. The van der Waals surface area contributed by atoms with Gasteiger partial charge in [-0.1, -0.05) is 18.9 Å². The number of rotatable bonds is 4. The molecule has 0 bridgehead atoms. The van der Waals surface area contributed by atoms with E-state index in [9.17, 15) is 4.79 Å². The number of amides is 1. The van der Waals surface area contributed by atoms with Crippen LogP contribution in [0.1, 0.15) is 47.0 Å². The lowest BCUT2D eigenvalue weighted by Crippen LogP contribution is -2.32. The maximum atomic E-state index is 12.4. The van der Waals surface area contributed by atoms with Gasteiger partial charge in [0.2, 0.25) is 0 Å². The van der Waals surface area contributed by atoms with E-state index in [1.54, 1.807) is 35.9 Å². The number of pyridine rings is 1. The molecular formula is C16H18N2OS. The standard InChI is InChI=1S/C16H18N2OS/c19-16(13-7-9-17-10-8-13)18-15(12-4-1-2-5-12)14-6-3-11-20-14/h3,6-12,15H,1-2,4-5H2,(H,18,19). The maximum Gasteiger partial charge on any atom is 0.251 e. The second-order valence-electron chi connectivity index (χ2n) is 5.25. The zero-order valence-corrected chi connectivity index (χ0v) is 12.1. The second-order valence-corrected chi connectivity index (χ2v) is 6.23. The summed E-state index contributed by atoms with van der Waals surface area (Å²) in [6.07, 6.45) is 8.28. The first-order chi connectivity index (χ1) is 9.84. The third kappa shape index (κ3) is 2.90. The Morgan fingerprint density at radius 2 is 2.00 bits per heavy atom. The fraction of sp³-hybridized carbons (Fsp3) is 0.375. The minimum absolute atomic E-state index is 0.00213. The minimum Gasteiger partial charge on any atom is -0.344 e. The summed E-state index contributed by atoms with van der Waals surface area (Å²) in [5.41, 5.74) is 0.680. The van der Waals surface area contributed by atoms with Gasteiger partial charge in [0.15, 0.2) is 0 Å². The molecule has 1 aliphatic carbocycles. The summed E-state index contributed by atoms with van der Waals surface area (Å²) in [6.45, 7) is 0. The Hall–Kier alpha value is -1.68. The molecule has 2 aromatic rings. The molecule has 0 saturated heterocycles. The molecule has 0 radical (unpaired) electrons. The van der Waals surface area contributed by atoms with E-state index in [1.165, 1.54) is 30.6 Å². The van der Waals surface area contributed by atoms with Crippen molar-refractivity contribution >= 4 is 17.2 Å². The Balaban J connectivity index is 1.78. The van der Waals surface area contributed by atoms with E-state index in [1.807, 2.05) is 0 Å². The van der Waals surface area contributed by atoms with E-state index in [4.69, 9.17) is 0 Å². The molecule has 1 amide bonds. The lowest BCUT2D eigenvalue weighted by molar-refractivity contribution is 0.0922. The van der Waals surface area contributed by atoms with Crippen LogP contribution >= 0.6 is 11.3 Å². The Kier molecular flexibility index (Phi) is 4.11. The molecule has 3 nitrogen and oxygen atoms in total. The Morgan fingerprint density at radius 1 is 1.25 bits per heavy atom. The Labute approximate surface area is 123 Å². The molecule has 0 spiro atoms. The monoisotopic (exact) mass is 286 g/mol. The predicted octanol–water partition coefficient (Wildman–Crippen LogP) is 3.80. The molecule has 2 aromatic heterocycles. The molecule has 1 unspecified atom stereocenters. The van der Waals surface area contributed by atoms with Crippen LogP contribution < -0.4 is 5.32 Å². The van der Waals surface area contributed by atoms with E-state index < -0.39 is 0 Å². The van der Waals surface area contributed by atoms with Crippen LogP contribution in [-0.4, -0.2) is 10.9 Å². The summed E-state index contributed by atoms with van der Waals surface area (Å²) < 4.78 is 0. The van der Waals surface area contributed by atoms with E-state index in [0.717, 1.165) is 0 Å². The number of carbonyl (C=O) groups excluding carboxylic acids is 1. The highest BCUT2D eigenvalue weighted by atomic mass is 32.1. The molecule has 1 aliphatic rings. The number of hydrogen-bond donors (Lipinski definition) is 1. The molecule has 1 atom stereocenters. The van der Waals surface area contributed by atoms with Crippen molar-refractivity contribution in [2.45, 2.75) is 31.7 Å². The van der Waals surface area contributed by atoms with Gasteiger partial charge in [0.1, 0.15) is 0 Å². The van der Waals surface area contributed by atoms with Crippen LogP contribution in [0.4, 0.5) is 0 Å². The summed E-state index contributed by atoms with van der Waals surface area (Å²) in [6, 6.07) is 7.85. The molecule has 1 saturated carbocycles. The minimum atomic E-state index is -0.00213. The van der Waals surface area contributed by atoms with E-state index in [-0.39, 0.29) is 11.9 Å². The molecule has 20 heavy (non-hydrogen) atoms. The van der Waals surface area contributed by atoms with Crippen LogP contribution in [0.15, 0.2) is 42.0 Å². The number of aromatic nitrogens is 1. The Morgan fingerprint density at radius 3 is 2.65 bits per heavy atom. The first-order valence-corrected chi connectivity index (χ1v) is 7.97. The molecule has 0 aromatic carbocycles. The maximum absolute atomic E-state index is 12.4. The smallest absolute Gasteiger partial charge is 0.251 e. The summed E-state index contributed by atoms with van der Waals surface area (Å²) >= 11 is 1.73. The van der Waals surface area contributed by atoms with Gasteiger partial charge in [-0.2, -0.15) is 0 Å². The van der Waals surface area contributed by atoms with Gasteiger partial charge in [-0.05, 0) is 42.3 Å². The van der Waals surface area contributed by atoms with Crippen molar-refractivity contribution in [2.75, 3.05) is 0 Å². The average Bonchev–Trinajstić information content (AvgIpc) is 3.19. The number of hydrogen-bond acceptors (Lipinski definition) is 3. The summed E-state index contributed by atoms with van der Waals surface area (Å²) in [5, 5.41) is 5.30. The van der Waals surface area contributed by atoms with Gasteiger partial charge in [-0.3, -0.25) is 9.78 Å². The zero-order chi connectivity index (χ0) is 13.8. The number of nitrogens with zero attached hydrogens (tertiary/aromatic N) is 1. The molecule has 1 fully saturated rings. The van der Waals surface area contributed by atoms with Gasteiger partial charge in [-0.15, -0.1) is 11.3 Å². The van der Waals surface area contributed by atoms with Gasteiger partial charge in [0.25, 0.3) is 5.91 Å². The predicted molar refractivity (Wildman–Crippen MR) is 80.7 cm³/mol. The fourth-order valence-electron chi connectivity index (χ4n) is 2.91. The lowest BCUT2D eigenvalue weighted by atomic mass is 9.96. The SMILES string of the molecule is O=C(NC(c1cccs1)C1CCCC1)c1ccncc1. The topological polar surface area (TPSA) is 42.0 Å². The fourth-order valence-corrected chi connectivity index (χ4v) is 3.78. The van der Waals surface area contributed by atoms with Crippen LogP contribution in [-0.2, 0) is 0 Å². The molecule has 1 N–H and O–H groups in total.